The first kappa shape index (κ1) is 13.9. The van der Waals surface area contributed by atoms with Crippen LogP contribution in [0.2, 0.25) is 0 Å². The minimum atomic E-state index is -0.654. The smallest absolute Gasteiger partial charge is 0.312 e. The van der Waals surface area contributed by atoms with Gasteiger partial charge in [0, 0.05) is 6.04 Å². The highest BCUT2D eigenvalue weighted by molar-refractivity contribution is 5.87. The van der Waals surface area contributed by atoms with Crippen molar-refractivity contribution in [2.75, 3.05) is 0 Å². The van der Waals surface area contributed by atoms with Crippen molar-refractivity contribution in [3.05, 3.63) is 35.4 Å². The van der Waals surface area contributed by atoms with Crippen molar-refractivity contribution in [3.8, 4) is 0 Å². The van der Waals surface area contributed by atoms with Crippen LogP contribution in [0.4, 0.5) is 4.79 Å². The van der Waals surface area contributed by atoms with Crippen molar-refractivity contribution in [2.45, 2.75) is 50.7 Å². The molecule has 0 aliphatic heterocycles. The Bertz CT molecular complexity index is 568. The number of fused-ring (bicyclic) bond motifs is 1. The van der Waals surface area contributed by atoms with Crippen LogP contribution in [0, 0.1) is 0 Å². The molecule has 0 radical (unpaired) electrons. The predicted molar refractivity (Wildman–Crippen MR) is 79.6 cm³/mol. The Morgan fingerprint density at radius 3 is 2.67 bits per heavy atom. The second kappa shape index (κ2) is 5.39. The number of hydrogen-bond donors (Lipinski definition) is 2. The summed E-state index contributed by atoms with van der Waals surface area (Å²) >= 11 is 0. The van der Waals surface area contributed by atoms with E-state index in [9.17, 15) is 9.59 Å². The second-order valence-electron chi connectivity index (χ2n) is 5.96. The minimum Gasteiger partial charge on any atom is -0.352 e. The van der Waals surface area contributed by atoms with Crippen LogP contribution in [0.5, 0.6) is 0 Å². The van der Waals surface area contributed by atoms with E-state index in [1.165, 1.54) is 11.1 Å². The van der Waals surface area contributed by atoms with Crippen molar-refractivity contribution < 1.29 is 9.59 Å². The summed E-state index contributed by atoms with van der Waals surface area (Å²) in [6.45, 7) is 1.70. The van der Waals surface area contributed by atoms with E-state index in [0.717, 1.165) is 25.7 Å². The van der Waals surface area contributed by atoms with Gasteiger partial charge in [-0.25, -0.2) is 4.79 Å². The van der Waals surface area contributed by atoms with Gasteiger partial charge < -0.3 is 16.0 Å². The van der Waals surface area contributed by atoms with E-state index in [-0.39, 0.29) is 11.9 Å². The molecule has 2 aliphatic carbocycles. The van der Waals surface area contributed by atoms with Crippen molar-refractivity contribution in [1.29, 1.82) is 0 Å². The highest BCUT2D eigenvalue weighted by Crippen LogP contribution is 2.42. The Balaban J connectivity index is 1.83. The molecule has 0 saturated heterocycles. The number of hydrogen-bond acceptors (Lipinski definition) is 2. The molecule has 5 nitrogen and oxygen atoms in total. The fraction of sp³-hybridized carbons (Fsp3) is 0.500. The molecule has 0 bridgehead atoms. The Kier molecular flexibility index (Phi) is 3.57. The molecular formula is C16H21N3O2. The molecular weight excluding hydrogens is 266 g/mol. The van der Waals surface area contributed by atoms with E-state index in [2.05, 4.69) is 17.4 Å². The quantitative estimate of drug-likeness (QED) is 0.884. The maximum atomic E-state index is 12.7. The summed E-state index contributed by atoms with van der Waals surface area (Å²) in [5, 5.41) is 2.50. The van der Waals surface area contributed by atoms with Gasteiger partial charge in [0.15, 0.2) is 0 Å². The number of primary amides is 1. The second-order valence-corrected chi connectivity index (χ2v) is 5.96. The van der Waals surface area contributed by atoms with Crippen LogP contribution in [0.1, 0.15) is 43.4 Å². The molecule has 1 aromatic carbocycles. The maximum absolute atomic E-state index is 12.7. The summed E-state index contributed by atoms with van der Waals surface area (Å²) in [5.41, 5.74) is 7.72. The third kappa shape index (κ3) is 2.73. The van der Waals surface area contributed by atoms with Gasteiger partial charge >= 0.3 is 6.03 Å². The highest BCUT2D eigenvalue weighted by Gasteiger charge is 2.41. The number of urea groups is 1. The average molecular weight is 287 g/mol. The normalized spacial score (nSPS) is 21.5. The molecule has 3 amide bonds. The lowest BCUT2D eigenvalue weighted by Gasteiger charge is -2.32. The van der Waals surface area contributed by atoms with Gasteiger partial charge in [0.25, 0.3) is 0 Å². The third-order valence-electron chi connectivity index (χ3n) is 4.36. The van der Waals surface area contributed by atoms with E-state index in [4.69, 9.17) is 5.73 Å². The summed E-state index contributed by atoms with van der Waals surface area (Å²) in [6, 6.07) is 7.54. The molecule has 2 atom stereocenters. The number of rotatable bonds is 4. The zero-order valence-corrected chi connectivity index (χ0v) is 12.2. The van der Waals surface area contributed by atoms with E-state index < -0.39 is 12.1 Å². The lowest BCUT2D eigenvalue weighted by Crippen LogP contribution is -2.50. The highest BCUT2D eigenvalue weighted by atomic mass is 16.2. The summed E-state index contributed by atoms with van der Waals surface area (Å²) in [5.74, 6) is -0.0296. The Morgan fingerprint density at radius 1 is 1.29 bits per heavy atom. The molecule has 3 N–H and O–H groups in total. The Hall–Kier alpha value is -2.04. The SMILES string of the molecule is C[C@H](NC(N)=O)C(=O)N(C1CC1)[C@H]1CCc2ccccc21. The van der Waals surface area contributed by atoms with Crippen LogP contribution in [-0.4, -0.2) is 28.9 Å². The van der Waals surface area contributed by atoms with E-state index in [1.54, 1.807) is 6.92 Å². The van der Waals surface area contributed by atoms with Crippen LogP contribution in [0.25, 0.3) is 0 Å². The predicted octanol–water partition coefficient (Wildman–Crippen LogP) is 1.72. The monoisotopic (exact) mass is 287 g/mol. The topological polar surface area (TPSA) is 75.4 Å². The Morgan fingerprint density at radius 2 is 2.00 bits per heavy atom. The summed E-state index contributed by atoms with van der Waals surface area (Å²) < 4.78 is 0. The number of nitrogens with zero attached hydrogens (tertiary/aromatic N) is 1. The van der Waals surface area contributed by atoms with Gasteiger partial charge in [-0.05, 0) is 43.7 Å². The van der Waals surface area contributed by atoms with Gasteiger partial charge in [0.1, 0.15) is 6.04 Å². The number of nitrogens with two attached hydrogens (primary N) is 1. The molecule has 1 aromatic rings. The third-order valence-corrected chi connectivity index (χ3v) is 4.36. The molecule has 1 saturated carbocycles. The number of aryl methyl sites for hydroxylation is 1. The van der Waals surface area contributed by atoms with Crippen molar-refractivity contribution in [1.82, 2.24) is 10.2 Å². The average Bonchev–Trinajstić information content (AvgIpc) is 3.19. The first-order valence-corrected chi connectivity index (χ1v) is 7.54. The first-order valence-electron chi connectivity index (χ1n) is 7.54. The molecule has 0 aromatic heterocycles. The van der Waals surface area contributed by atoms with Crippen molar-refractivity contribution in [2.24, 2.45) is 5.73 Å². The van der Waals surface area contributed by atoms with Gasteiger partial charge in [0.2, 0.25) is 5.91 Å². The van der Waals surface area contributed by atoms with E-state index >= 15 is 0 Å². The van der Waals surface area contributed by atoms with Crippen LogP contribution < -0.4 is 11.1 Å². The van der Waals surface area contributed by atoms with Gasteiger partial charge in [-0.1, -0.05) is 24.3 Å². The van der Waals surface area contributed by atoms with Gasteiger partial charge in [0.05, 0.1) is 6.04 Å². The standard InChI is InChI=1S/C16H21N3O2/c1-10(18-16(17)21)15(20)19(12-7-8-12)14-9-6-11-4-2-3-5-13(11)14/h2-5,10,12,14H,6-9H2,1H3,(H3,17,18,21)/t10-,14-/m0/s1. The summed E-state index contributed by atoms with van der Waals surface area (Å²) in [4.78, 5) is 25.7. The van der Waals surface area contributed by atoms with E-state index in [1.807, 2.05) is 17.0 Å². The van der Waals surface area contributed by atoms with Gasteiger partial charge in [-0.3, -0.25) is 4.79 Å². The number of carbonyl (C=O) groups excluding carboxylic acids is 2. The first-order chi connectivity index (χ1) is 10.1. The van der Waals surface area contributed by atoms with Crippen LogP contribution in [-0.2, 0) is 11.2 Å². The molecule has 0 heterocycles. The molecule has 0 unspecified atom stereocenters. The zero-order chi connectivity index (χ0) is 15.0. The number of carbonyl (C=O) groups is 2. The van der Waals surface area contributed by atoms with Crippen LogP contribution in [0.15, 0.2) is 24.3 Å². The van der Waals surface area contributed by atoms with Crippen molar-refractivity contribution >= 4 is 11.9 Å². The fourth-order valence-electron chi connectivity index (χ4n) is 3.26. The lowest BCUT2D eigenvalue weighted by atomic mass is 10.1. The molecule has 0 spiro atoms. The molecule has 3 rings (SSSR count). The molecule has 21 heavy (non-hydrogen) atoms. The number of benzene rings is 1. The lowest BCUT2D eigenvalue weighted by molar-refractivity contribution is -0.136. The van der Waals surface area contributed by atoms with Crippen LogP contribution in [0.3, 0.4) is 0 Å². The van der Waals surface area contributed by atoms with Crippen LogP contribution >= 0.6 is 0 Å². The van der Waals surface area contributed by atoms with Gasteiger partial charge in [-0.2, -0.15) is 0 Å². The summed E-state index contributed by atoms with van der Waals surface area (Å²) in [6.07, 6.45) is 4.07. The molecule has 1 fully saturated rings. The van der Waals surface area contributed by atoms with Gasteiger partial charge in [-0.15, -0.1) is 0 Å². The number of nitrogens with one attached hydrogen (secondary N) is 1. The minimum absolute atomic E-state index is 0.0296. The fourth-order valence-corrected chi connectivity index (χ4v) is 3.26. The van der Waals surface area contributed by atoms with E-state index in [0.29, 0.717) is 6.04 Å². The molecule has 2 aliphatic rings. The molecule has 5 heteroatoms. The Labute approximate surface area is 124 Å². The largest absolute Gasteiger partial charge is 0.352 e. The molecule has 112 valence electrons. The van der Waals surface area contributed by atoms with Crippen molar-refractivity contribution in [3.63, 3.8) is 0 Å². The maximum Gasteiger partial charge on any atom is 0.312 e. The zero-order valence-electron chi connectivity index (χ0n) is 12.2. The summed E-state index contributed by atoms with van der Waals surface area (Å²) in [7, 11) is 0. The number of amides is 3.